The first-order chi connectivity index (χ1) is 16.1. The standard InChI is InChI=1S/C25H20FN5OS/c26-22-9-5-4-8-21(22)24-29-30-25(31(24)16-19-6-2-1-3-7-19)33-17-23(32)28-20-12-10-18(11-13-20)14-15-27/h1-13H,14,16-17H2,(H,28,32). The Bertz CT molecular complexity index is 1280. The molecule has 4 rings (SSSR count). The minimum Gasteiger partial charge on any atom is -0.325 e. The van der Waals surface area contributed by atoms with Gasteiger partial charge in [0.2, 0.25) is 5.91 Å². The highest BCUT2D eigenvalue weighted by atomic mass is 32.2. The molecule has 4 aromatic rings. The van der Waals surface area contributed by atoms with Crippen molar-refractivity contribution >= 4 is 23.4 Å². The van der Waals surface area contributed by atoms with Crippen LogP contribution in [-0.2, 0) is 17.8 Å². The van der Waals surface area contributed by atoms with Gasteiger partial charge in [0.1, 0.15) is 5.82 Å². The van der Waals surface area contributed by atoms with Crippen LogP contribution in [0.25, 0.3) is 11.4 Å². The summed E-state index contributed by atoms with van der Waals surface area (Å²) in [6, 6.07) is 25.4. The normalized spacial score (nSPS) is 10.5. The van der Waals surface area contributed by atoms with Gasteiger partial charge in [-0.05, 0) is 35.4 Å². The predicted octanol–water partition coefficient (Wildman–Crippen LogP) is 4.93. The molecule has 3 aromatic carbocycles. The lowest BCUT2D eigenvalue weighted by molar-refractivity contribution is -0.113. The van der Waals surface area contributed by atoms with Crippen molar-refractivity contribution in [2.45, 2.75) is 18.1 Å². The Morgan fingerprint density at radius 1 is 0.970 bits per heavy atom. The fourth-order valence-electron chi connectivity index (χ4n) is 3.27. The van der Waals surface area contributed by atoms with Gasteiger partial charge in [-0.25, -0.2) is 4.39 Å². The van der Waals surface area contributed by atoms with Crippen LogP contribution in [0.2, 0.25) is 0 Å². The summed E-state index contributed by atoms with van der Waals surface area (Å²) < 4.78 is 16.3. The third-order valence-electron chi connectivity index (χ3n) is 4.87. The number of thioether (sulfide) groups is 1. The van der Waals surface area contributed by atoms with Gasteiger partial charge in [-0.2, -0.15) is 5.26 Å². The molecule has 0 saturated heterocycles. The highest BCUT2D eigenvalue weighted by molar-refractivity contribution is 7.99. The molecule has 8 heteroatoms. The van der Waals surface area contributed by atoms with Crippen molar-refractivity contribution in [3.63, 3.8) is 0 Å². The molecule has 0 aliphatic rings. The number of nitrogens with one attached hydrogen (secondary N) is 1. The third kappa shape index (κ3) is 5.64. The van der Waals surface area contributed by atoms with E-state index in [2.05, 4.69) is 21.6 Å². The van der Waals surface area contributed by atoms with Crippen molar-refractivity contribution in [3.8, 4) is 17.5 Å². The highest BCUT2D eigenvalue weighted by Gasteiger charge is 2.18. The van der Waals surface area contributed by atoms with Crippen LogP contribution in [0.4, 0.5) is 10.1 Å². The van der Waals surface area contributed by atoms with Crippen LogP contribution in [0.1, 0.15) is 11.1 Å². The van der Waals surface area contributed by atoms with Crippen molar-refractivity contribution in [2.75, 3.05) is 11.1 Å². The molecule has 0 radical (unpaired) electrons. The smallest absolute Gasteiger partial charge is 0.234 e. The van der Waals surface area contributed by atoms with Crippen molar-refractivity contribution in [1.29, 1.82) is 5.26 Å². The van der Waals surface area contributed by atoms with Gasteiger partial charge in [0.25, 0.3) is 0 Å². The number of halogens is 1. The monoisotopic (exact) mass is 457 g/mol. The number of aromatic nitrogens is 3. The van der Waals surface area contributed by atoms with Gasteiger partial charge in [0, 0.05) is 5.69 Å². The maximum absolute atomic E-state index is 14.5. The number of carbonyl (C=O) groups excluding carboxylic acids is 1. The number of benzene rings is 3. The largest absolute Gasteiger partial charge is 0.325 e. The Labute approximate surface area is 195 Å². The first kappa shape index (κ1) is 22.2. The average molecular weight is 458 g/mol. The lowest BCUT2D eigenvalue weighted by Crippen LogP contribution is -2.15. The maximum atomic E-state index is 14.5. The zero-order chi connectivity index (χ0) is 23.0. The van der Waals surface area contributed by atoms with Crippen LogP contribution in [-0.4, -0.2) is 26.4 Å². The minimum atomic E-state index is -0.381. The van der Waals surface area contributed by atoms with E-state index in [0.717, 1.165) is 11.1 Å². The molecule has 0 atom stereocenters. The van der Waals surface area contributed by atoms with E-state index in [9.17, 15) is 9.18 Å². The molecule has 0 saturated carbocycles. The molecule has 0 unspecified atom stereocenters. The van der Waals surface area contributed by atoms with Crippen molar-refractivity contribution in [3.05, 3.63) is 95.8 Å². The van der Waals surface area contributed by atoms with Crippen molar-refractivity contribution in [1.82, 2.24) is 14.8 Å². The minimum absolute atomic E-state index is 0.115. The molecule has 6 nitrogen and oxygen atoms in total. The van der Waals surface area contributed by atoms with E-state index >= 15 is 0 Å². The quantitative estimate of drug-likeness (QED) is 0.379. The van der Waals surface area contributed by atoms with Crippen LogP contribution in [0.3, 0.4) is 0 Å². The Morgan fingerprint density at radius 3 is 2.42 bits per heavy atom. The molecule has 164 valence electrons. The fourth-order valence-corrected chi connectivity index (χ4v) is 4.01. The van der Waals surface area contributed by atoms with E-state index in [1.165, 1.54) is 17.8 Å². The van der Waals surface area contributed by atoms with E-state index in [1.54, 1.807) is 30.3 Å². The SMILES string of the molecule is N#CCc1ccc(NC(=O)CSc2nnc(-c3ccccc3F)n2Cc2ccccc2)cc1. The Hall–Kier alpha value is -3.96. The second kappa shape index (κ2) is 10.6. The molecular weight excluding hydrogens is 437 g/mol. The number of anilines is 1. The van der Waals surface area contributed by atoms with Gasteiger partial charge in [-0.15, -0.1) is 10.2 Å². The number of rotatable bonds is 8. The number of hydrogen-bond donors (Lipinski definition) is 1. The predicted molar refractivity (Wildman–Crippen MR) is 126 cm³/mol. The summed E-state index contributed by atoms with van der Waals surface area (Å²) in [6.45, 7) is 0.446. The lowest BCUT2D eigenvalue weighted by Gasteiger charge is -2.11. The third-order valence-corrected chi connectivity index (χ3v) is 5.84. The Kier molecular flexibility index (Phi) is 7.12. The van der Waals surface area contributed by atoms with E-state index in [0.29, 0.717) is 35.2 Å². The summed E-state index contributed by atoms with van der Waals surface area (Å²) in [4.78, 5) is 12.5. The van der Waals surface area contributed by atoms with Crippen molar-refractivity contribution < 1.29 is 9.18 Å². The first-order valence-corrected chi connectivity index (χ1v) is 11.2. The van der Waals surface area contributed by atoms with Crippen molar-refractivity contribution in [2.24, 2.45) is 0 Å². The summed E-state index contributed by atoms with van der Waals surface area (Å²) in [5.41, 5.74) is 2.91. The molecule has 1 aromatic heterocycles. The van der Waals surface area contributed by atoms with Crippen LogP contribution < -0.4 is 5.32 Å². The van der Waals surface area contributed by atoms with Gasteiger partial charge < -0.3 is 5.32 Å². The average Bonchev–Trinajstić information content (AvgIpc) is 3.22. The first-order valence-electron chi connectivity index (χ1n) is 10.2. The van der Waals surface area contributed by atoms with Crippen LogP contribution in [0.15, 0.2) is 84.0 Å². The van der Waals surface area contributed by atoms with E-state index in [1.807, 2.05) is 47.0 Å². The Morgan fingerprint density at radius 2 is 1.70 bits per heavy atom. The topological polar surface area (TPSA) is 83.6 Å². The summed E-state index contributed by atoms with van der Waals surface area (Å²) in [7, 11) is 0. The van der Waals surface area contributed by atoms with Gasteiger partial charge in [0.15, 0.2) is 11.0 Å². The fraction of sp³-hybridized carbons (Fsp3) is 0.120. The molecule has 1 amide bonds. The van der Waals surface area contributed by atoms with Gasteiger partial charge in [-0.3, -0.25) is 9.36 Å². The van der Waals surface area contributed by atoms with E-state index < -0.39 is 0 Å². The maximum Gasteiger partial charge on any atom is 0.234 e. The Balaban J connectivity index is 1.51. The molecule has 0 aliphatic carbocycles. The lowest BCUT2D eigenvalue weighted by atomic mass is 10.1. The molecule has 0 fully saturated rings. The van der Waals surface area contributed by atoms with E-state index in [-0.39, 0.29) is 17.5 Å². The highest BCUT2D eigenvalue weighted by Crippen LogP contribution is 2.27. The number of amides is 1. The molecule has 33 heavy (non-hydrogen) atoms. The summed E-state index contributed by atoms with van der Waals surface area (Å²) in [5.74, 6) is -0.0551. The van der Waals surface area contributed by atoms with Crippen LogP contribution in [0, 0.1) is 17.1 Å². The summed E-state index contributed by atoms with van der Waals surface area (Å²) in [5, 5.41) is 20.6. The van der Waals surface area contributed by atoms with E-state index in [4.69, 9.17) is 5.26 Å². The van der Waals surface area contributed by atoms with Crippen LogP contribution in [0.5, 0.6) is 0 Å². The van der Waals surface area contributed by atoms with Gasteiger partial charge >= 0.3 is 0 Å². The second-order valence-corrected chi connectivity index (χ2v) is 8.17. The molecular formula is C25H20FN5OS. The van der Waals surface area contributed by atoms with Gasteiger partial charge in [0.05, 0.1) is 30.4 Å². The van der Waals surface area contributed by atoms with Gasteiger partial charge in [-0.1, -0.05) is 66.4 Å². The second-order valence-electron chi connectivity index (χ2n) is 7.23. The zero-order valence-corrected chi connectivity index (χ0v) is 18.4. The number of nitrogens with zero attached hydrogens (tertiary/aromatic N) is 4. The number of carbonyl (C=O) groups is 1. The number of nitriles is 1. The summed E-state index contributed by atoms with van der Waals surface area (Å²) in [6.07, 6.45) is 0.325. The molecule has 1 N–H and O–H groups in total. The molecule has 0 aliphatic heterocycles. The molecule has 0 bridgehead atoms. The summed E-state index contributed by atoms with van der Waals surface area (Å²) >= 11 is 1.24. The number of hydrogen-bond acceptors (Lipinski definition) is 5. The zero-order valence-electron chi connectivity index (χ0n) is 17.6. The molecule has 0 spiro atoms. The molecule has 1 heterocycles. The van der Waals surface area contributed by atoms with Crippen LogP contribution >= 0.6 is 11.8 Å².